The summed E-state index contributed by atoms with van der Waals surface area (Å²) >= 11 is 19.7. The summed E-state index contributed by atoms with van der Waals surface area (Å²) in [7, 11) is 2.20. The smallest absolute Gasteiger partial charge is 0.272 e. The standard InChI is InChI=1S/C45H50Cl3N5O3/c1-6-21-51(5)34-19-22-52(23-20-34)41-18-15-35(56-25-24-54)28-40(41)50-45(55)43-42(37-17-14-33(47)27-39(37)49-43)44(29(3)31-11-9-8-10-12-31)53(7-2)30(4)36-16-13-32(46)26-38(36)48/h7-18,26-28,30,34,49,54H,2,6,19-25H2,1,3-5H3,(H,50,55)/b44-29+. The molecule has 1 aliphatic heterocycles. The summed E-state index contributed by atoms with van der Waals surface area (Å²) in [6.45, 7) is 13.3. The van der Waals surface area contributed by atoms with Crippen molar-refractivity contribution >= 4 is 74.3 Å². The zero-order valence-electron chi connectivity index (χ0n) is 32.4. The van der Waals surface area contributed by atoms with Crippen molar-refractivity contribution in [2.75, 3.05) is 50.1 Å². The number of H-pyrrole nitrogens is 1. The molecule has 1 aromatic heterocycles. The Labute approximate surface area is 345 Å². The second kappa shape index (κ2) is 18.7. The summed E-state index contributed by atoms with van der Waals surface area (Å²) in [6.07, 6.45) is 4.92. The molecule has 1 saturated heterocycles. The lowest BCUT2D eigenvalue weighted by molar-refractivity contribution is 0.102. The molecule has 3 N–H and O–H groups in total. The number of aromatic amines is 1. The van der Waals surface area contributed by atoms with Crippen LogP contribution in [0.4, 0.5) is 11.4 Å². The third-order valence-electron chi connectivity index (χ3n) is 10.7. The van der Waals surface area contributed by atoms with Crippen molar-refractivity contribution in [2.45, 2.75) is 52.1 Å². The second-order valence-corrected chi connectivity index (χ2v) is 15.5. The van der Waals surface area contributed by atoms with Gasteiger partial charge in [0, 0.05) is 56.7 Å². The number of carbonyl (C=O) groups is 1. The van der Waals surface area contributed by atoms with Crippen LogP contribution < -0.4 is 15.0 Å². The number of nitrogens with zero attached hydrogens (tertiary/aromatic N) is 3. The molecule has 1 aliphatic rings. The number of piperidine rings is 1. The number of nitrogens with one attached hydrogen (secondary N) is 2. The van der Waals surface area contributed by atoms with E-state index >= 15 is 0 Å². The molecule has 8 nitrogen and oxygen atoms in total. The molecule has 2 heterocycles. The van der Waals surface area contributed by atoms with Gasteiger partial charge in [-0.3, -0.25) is 4.79 Å². The molecule has 1 amide bonds. The van der Waals surface area contributed by atoms with Gasteiger partial charge in [0.1, 0.15) is 18.1 Å². The number of halogens is 3. The zero-order valence-corrected chi connectivity index (χ0v) is 34.7. The Morgan fingerprint density at radius 2 is 1.75 bits per heavy atom. The number of carbonyl (C=O) groups excluding carboxylic acids is 1. The zero-order chi connectivity index (χ0) is 39.9. The molecular weight excluding hydrogens is 765 g/mol. The molecule has 0 spiro atoms. The first-order chi connectivity index (χ1) is 27.0. The number of allylic oxidation sites excluding steroid dienone is 1. The normalized spacial score (nSPS) is 14.5. The fourth-order valence-corrected chi connectivity index (χ4v) is 8.50. The Hall–Kier alpha value is -4.44. The van der Waals surface area contributed by atoms with Gasteiger partial charge in [-0.25, -0.2) is 0 Å². The molecule has 0 radical (unpaired) electrons. The van der Waals surface area contributed by atoms with Gasteiger partial charge in [0.15, 0.2) is 0 Å². The largest absolute Gasteiger partial charge is 0.491 e. The third-order valence-corrected chi connectivity index (χ3v) is 11.4. The number of rotatable bonds is 15. The molecule has 1 atom stereocenters. The summed E-state index contributed by atoms with van der Waals surface area (Å²) in [5, 5.41) is 15.2. The number of ether oxygens (including phenoxy) is 1. The number of fused-ring (bicyclic) bond motifs is 1. The van der Waals surface area contributed by atoms with E-state index in [-0.39, 0.29) is 25.2 Å². The van der Waals surface area contributed by atoms with E-state index in [1.165, 1.54) is 0 Å². The van der Waals surface area contributed by atoms with E-state index in [1.54, 1.807) is 12.3 Å². The number of anilines is 2. The van der Waals surface area contributed by atoms with Crippen LogP contribution in [0.2, 0.25) is 15.1 Å². The predicted molar refractivity (Wildman–Crippen MR) is 234 cm³/mol. The minimum atomic E-state index is -0.343. The van der Waals surface area contributed by atoms with Crippen LogP contribution in [-0.2, 0) is 0 Å². The van der Waals surface area contributed by atoms with Gasteiger partial charge in [-0.15, -0.1) is 0 Å². The SMILES string of the molecule is C=CN(/C(=C(\C)c1ccccc1)c1c(C(=O)Nc2cc(OCCO)ccc2N2CCC(N(C)CCC)CC2)[nH]c2cc(Cl)ccc12)C(C)c1ccc(Cl)cc1Cl. The lowest BCUT2D eigenvalue weighted by atomic mass is 9.95. The summed E-state index contributed by atoms with van der Waals surface area (Å²) in [4.78, 5) is 25.3. The van der Waals surface area contributed by atoms with E-state index in [1.807, 2.05) is 73.7 Å². The third kappa shape index (κ3) is 9.06. The molecule has 0 saturated carbocycles. The number of amides is 1. The number of aromatic nitrogens is 1. The Morgan fingerprint density at radius 3 is 2.43 bits per heavy atom. The Kier molecular flexibility index (Phi) is 13.7. The molecule has 6 rings (SSSR count). The van der Waals surface area contributed by atoms with Crippen LogP contribution in [0, 0.1) is 0 Å². The Morgan fingerprint density at radius 1 is 1.04 bits per heavy atom. The monoisotopic (exact) mass is 813 g/mol. The predicted octanol–water partition coefficient (Wildman–Crippen LogP) is 11.2. The number of hydrogen-bond acceptors (Lipinski definition) is 6. The van der Waals surface area contributed by atoms with Gasteiger partial charge in [-0.05, 0) is 106 Å². The van der Waals surface area contributed by atoms with Crippen molar-refractivity contribution in [1.82, 2.24) is 14.8 Å². The first-order valence-corrected chi connectivity index (χ1v) is 20.3. The number of benzene rings is 4. The molecule has 11 heteroatoms. The van der Waals surface area contributed by atoms with Crippen LogP contribution in [0.5, 0.6) is 5.75 Å². The molecule has 5 aromatic rings. The minimum Gasteiger partial charge on any atom is -0.491 e. The molecular formula is C45H50Cl3N5O3. The van der Waals surface area contributed by atoms with Gasteiger partial charge in [-0.2, -0.15) is 0 Å². The Bertz CT molecular complexity index is 2200. The molecule has 1 fully saturated rings. The van der Waals surface area contributed by atoms with Gasteiger partial charge >= 0.3 is 0 Å². The summed E-state index contributed by atoms with van der Waals surface area (Å²) in [6, 6.07) is 27.1. The van der Waals surface area contributed by atoms with E-state index < -0.39 is 0 Å². The molecule has 0 aliphatic carbocycles. The highest BCUT2D eigenvalue weighted by atomic mass is 35.5. The van der Waals surface area contributed by atoms with Gasteiger partial charge in [0.05, 0.1) is 29.7 Å². The van der Waals surface area contributed by atoms with Crippen LogP contribution in [-0.4, -0.2) is 71.7 Å². The highest BCUT2D eigenvalue weighted by Crippen LogP contribution is 2.43. The maximum atomic E-state index is 15.0. The number of aliphatic hydroxyl groups is 1. The van der Waals surface area contributed by atoms with Gasteiger partial charge < -0.3 is 34.8 Å². The van der Waals surface area contributed by atoms with Gasteiger partial charge in [-0.1, -0.05) is 90.8 Å². The van der Waals surface area contributed by atoms with Gasteiger partial charge in [0.25, 0.3) is 5.91 Å². The van der Waals surface area contributed by atoms with Crippen LogP contribution in [0.1, 0.15) is 73.3 Å². The second-order valence-electron chi connectivity index (χ2n) is 14.2. The van der Waals surface area contributed by atoms with Crippen LogP contribution >= 0.6 is 34.8 Å². The van der Waals surface area contributed by atoms with Crippen molar-refractivity contribution in [3.8, 4) is 5.75 Å². The first kappa shape index (κ1) is 41.2. The first-order valence-electron chi connectivity index (χ1n) is 19.1. The van der Waals surface area contributed by atoms with Crippen LogP contribution in [0.3, 0.4) is 0 Å². The number of hydrogen-bond donors (Lipinski definition) is 3. The van der Waals surface area contributed by atoms with E-state index in [2.05, 4.69) is 64.6 Å². The fraction of sp³-hybridized carbons (Fsp3) is 0.311. The molecule has 1 unspecified atom stereocenters. The van der Waals surface area contributed by atoms with E-state index in [0.717, 1.165) is 72.4 Å². The molecule has 294 valence electrons. The quantitative estimate of drug-likeness (QED) is 0.0976. The minimum absolute atomic E-state index is 0.126. The van der Waals surface area contributed by atoms with Crippen molar-refractivity contribution in [1.29, 1.82) is 0 Å². The lowest BCUT2D eigenvalue weighted by Gasteiger charge is -2.38. The van der Waals surface area contributed by atoms with Crippen molar-refractivity contribution in [3.05, 3.63) is 135 Å². The summed E-state index contributed by atoms with van der Waals surface area (Å²) in [5.74, 6) is 0.205. The van der Waals surface area contributed by atoms with Gasteiger partial charge in [0.2, 0.25) is 0 Å². The molecule has 4 aromatic carbocycles. The maximum Gasteiger partial charge on any atom is 0.272 e. The van der Waals surface area contributed by atoms with Crippen molar-refractivity contribution in [2.24, 2.45) is 0 Å². The van der Waals surface area contributed by atoms with E-state index in [4.69, 9.17) is 39.5 Å². The van der Waals surface area contributed by atoms with Crippen molar-refractivity contribution in [3.63, 3.8) is 0 Å². The maximum absolute atomic E-state index is 15.0. The fourth-order valence-electron chi connectivity index (χ4n) is 7.77. The molecule has 56 heavy (non-hydrogen) atoms. The highest BCUT2D eigenvalue weighted by Gasteiger charge is 2.30. The highest BCUT2D eigenvalue weighted by molar-refractivity contribution is 6.35. The Balaban J connectivity index is 1.49. The van der Waals surface area contributed by atoms with Crippen molar-refractivity contribution < 1.29 is 14.6 Å². The molecule has 0 bridgehead atoms. The average molecular weight is 815 g/mol. The summed E-state index contributed by atoms with van der Waals surface area (Å²) in [5.41, 5.74) is 6.76. The van der Waals surface area contributed by atoms with E-state index in [9.17, 15) is 9.90 Å². The number of aliphatic hydroxyl groups excluding tert-OH is 1. The van der Waals surface area contributed by atoms with E-state index in [0.29, 0.717) is 49.3 Å². The van der Waals surface area contributed by atoms with Crippen LogP contribution in [0.15, 0.2) is 97.7 Å². The van der Waals surface area contributed by atoms with Crippen LogP contribution in [0.25, 0.3) is 22.2 Å². The lowest BCUT2D eigenvalue weighted by Crippen LogP contribution is -2.43. The topological polar surface area (TPSA) is 84.1 Å². The summed E-state index contributed by atoms with van der Waals surface area (Å²) < 4.78 is 5.84. The average Bonchev–Trinajstić information content (AvgIpc) is 3.57.